The Balaban J connectivity index is 2.49. The lowest BCUT2D eigenvalue weighted by Gasteiger charge is -2.16. The maximum atomic E-state index is 11.5. The Morgan fingerprint density at radius 3 is 2.67 bits per heavy atom. The third-order valence-corrected chi connectivity index (χ3v) is 3.79. The number of rotatable bonds is 7. The van der Waals surface area contributed by atoms with Crippen molar-refractivity contribution in [2.75, 3.05) is 0 Å². The fraction of sp³-hybridized carbons (Fsp3) is 0.647. The largest absolute Gasteiger partial charge is 0.481 e. The van der Waals surface area contributed by atoms with Crippen LogP contribution in [0.25, 0.3) is 0 Å². The first-order chi connectivity index (χ1) is 10.0. The summed E-state index contributed by atoms with van der Waals surface area (Å²) in [5, 5.41) is 18.5. The minimum absolute atomic E-state index is 0.0491. The van der Waals surface area contributed by atoms with Gasteiger partial charge in [0.15, 0.2) is 5.78 Å². The molecule has 3 atom stereocenters. The first-order valence-electron chi connectivity index (χ1n) is 7.61. The van der Waals surface area contributed by atoms with Gasteiger partial charge >= 0.3 is 5.97 Å². The number of hydrogen-bond acceptors (Lipinski definition) is 3. The topological polar surface area (TPSA) is 74.6 Å². The molecule has 0 saturated heterocycles. The summed E-state index contributed by atoms with van der Waals surface area (Å²) in [6, 6.07) is 0. The molecule has 0 radical (unpaired) electrons. The molecule has 3 unspecified atom stereocenters. The van der Waals surface area contributed by atoms with Crippen LogP contribution in [-0.2, 0) is 9.59 Å². The molecule has 0 aromatic carbocycles. The van der Waals surface area contributed by atoms with Crippen molar-refractivity contribution in [3.05, 3.63) is 12.2 Å². The number of carboxylic acids is 1. The van der Waals surface area contributed by atoms with E-state index in [0.29, 0.717) is 19.3 Å². The Labute approximate surface area is 126 Å². The normalized spacial score (nSPS) is 24.8. The zero-order valence-electron chi connectivity index (χ0n) is 12.5. The van der Waals surface area contributed by atoms with Crippen molar-refractivity contribution >= 4 is 11.8 Å². The van der Waals surface area contributed by atoms with E-state index in [1.54, 1.807) is 6.08 Å². The minimum atomic E-state index is -0.847. The van der Waals surface area contributed by atoms with E-state index in [0.717, 1.165) is 19.3 Å². The minimum Gasteiger partial charge on any atom is -0.481 e. The van der Waals surface area contributed by atoms with Crippen LogP contribution in [0.2, 0.25) is 0 Å². The number of carboxylic acid groups (broad SMARTS) is 1. The molecule has 0 bridgehead atoms. The summed E-state index contributed by atoms with van der Waals surface area (Å²) in [5.74, 6) is 5.32. The summed E-state index contributed by atoms with van der Waals surface area (Å²) in [5.41, 5.74) is 0. The summed E-state index contributed by atoms with van der Waals surface area (Å²) >= 11 is 0. The molecule has 1 rings (SSSR count). The van der Waals surface area contributed by atoms with Crippen molar-refractivity contribution in [1.82, 2.24) is 0 Å². The molecule has 1 aliphatic rings. The van der Waals surface area contributed by atoms with Crippen molar-refractivity contribution in [2.24, 2.45) is 11.8 Å². The molecule has 21 heavy (non-hydrogen) atoms. The average molecular weight is 292 g/mol. The van der Waals surface area contributed by atoms with Crippen LogP contribution in [0.4, 0.5) is 0 Å². The van der Waals surface area contributed by atoms with E-state index in [2.05, 4.69) is 11.8 Å². The number of aliphatic hydroxyl groups excluding tert-OH is 1. The smallest absolute Gasteiger partial charge is 0.304 e. The second kappa shape index (κ2) is 9.36. The second-order valence-corrected chi connectivity index (χ2v) is 5.50. The molecule has 4 nitrogen and oxygen atoms in total. The summed E-state index contributed by atoms with van der Waals surface area (Å²) < 4.78 is 0. The number of aliphatic hydroxyl groups is 1. The number of carbonyl (C=O) groups is 2. The standard InChI is InChI=1S/C17H24O4/c1-2-6-14(18)11-9-13-10-12-16(19)15(13)7-4-3-5-8-17(20)21/h9,11,13,15-16,19H,2,5-8,10,12H2,1H3,(H,20,21). The molecule has 1 aliphatic carbocycles. The zero-order chi connectivity index (χ0) is 15.7. The Hall–Kier alpha value is -1.60. The predicted molar refractivity (Wildman–Crippen MR) is 80.5 cm³/mol. The van der Waals surface area contributed by atoms with E-state index < -0.39 is 5.97 Å². The fourth-order valence-corrected chi connectivity index (χ4v) is 2.61. The molecule has 0 heterocycles. The van der Waals surface area contributed by atoms with Crippen LogP contribution >= 0.6 is 0 Å². The molecule has 4 heteroatoms. The molecule has 1 fully saturated rings. The second-order valence-electron chi connectivity index (χ2n) is 5.50. The Morgan fingerprint density at radius 2 is 2.00 bits per heavy atom. The fourth-order valence-electron chi connectivity index (χ4n) is 2.61. The van der Waals surface area contributed by atoms with Crippen LogP contribution in [-0.4, -0.2) is 28.1 Å². The molecular weight excluding hydrogens is 268 g/mol. The van der Waals surface area contributed by atoms with Crippen molar-refractivity contribution < 1.29 is 19.8 Å². The summed E-state index contributed by atoms with van der Waals surface area (Å²) in [4.78, 5) is 21.9. The van der Waals surface area contributed by atoms with E-state index in [1.807, 2.05) is 13.0 Å². The zero-order valence-corrected chi connectivity index (χ0v) is 12.5. The summed E-state index contributed by atoms with van der Waals surface area (Å²) in [6.07, 6.45) is 7.13. The molecule has 0 aromatic heterocycles. The first-order valence-corrected chi connectivity index (χ1v) is 7.61. The molecule has 1 saturated carbocycles. The first kappa shape index (κ1) is 17.5. The predicted octanol–water partition coefficient (Wildman–Crippen LogP) is 2.56. The van der Waals surface area contributed by atoms with Gasteiger partial charge in [-0.3, -0.25) is 9.59 Å². The maximum absolute atomic E-state index is 11.5. The molecule has 0 spiro atoms. The lowest BCUT2D eigenvalue weighted by atomic mass is 9.91. The molecule has 2 N–H and O–H groups in total. The van der Waals surface area contributed by atoms with Crippen LogP contribution in [0.1, 0.15) is 51.9 Å². The van der Waals surface area contributed by atoms with Gasteiger partial charge in [0.2, 0.25) is 0 Å². The van der Waals surface area contributed by atoms with Crippen molar-refractivity contribution in [1.29, 1.82) is 0 Å². The van der Waals surface area contributed by atoms with E-state index in [-0.39, 0.29) is 30.1 Å². The number of hydrogen-bond donors (Lipinski definition) is 2. The third kappa shape index (κ3) is 6.59. The Bertz CT molecular complexity index is 441. The SMILES string of the molecule is CCCC(=O)C=CC1CCC(O)C1CC#CCCC(=O)O. The quantitative estimate of drug-likeness (QED) is 0.558. The highest BCUT2D eigenvalue weighted by atomic mass is 16.4. The molecule has 116 valence electrons. The third-order valence-electron chi connectivity index (χ3n) is 3.79. The average Bonchev–Trinajstić information content (AvgIpc) is 2.77. The number of allylic oxidation sites excluding steroid dienone is 2. The van der Waals surface area contributed by atoms with Gasteiger partial charge in [-0.1, -0.05) is 13.0 Å². The van der Waals surface area contributed by atoms with Crippen molar-refractivity contribution in [3.8, 4) is 11.8 Å². The van der Waals surface area contributed by atoms with Crippen LogP contribution in [0.5, 0.6) is 0 Å². The molecule has 0 aliphatic heterocycles. The van der Waals surface area contributed by atoms with Gasteiger partial charge in [0, 0.05) is 25.2 Å². The monoisotopic (exact) mass is 292 g/mol. The van der Waals surface area contributed by atoms with E-state index in [1.165, 1.54) is 0 Å². The summed E-state index contributed by atoms with van der Waals surface area (Å²) in [6.45, 7) is 1.97. The van der Waals surface area contributed by atoms with Crippen molar-refractivity contribution in [3.63, 3.8) is 0 Å². The van der Waals surface area contributed by atoms with E-state index in [4.69, 9.17) is 5.11 Å². The van der Waals surface area contributed by atoms with Gasteiger partial charge in [0.25, 0.3) is 0 Å². The number of aliphatic carboxylic acids is 1. The lowest BCUT2D eigenvalue weighted by Crippen LogP contribution is -2.17. The van der Waals surface area contributed by atoms with Gasteiger partial charge in [0.1, 0.15) is 0 Å². The van der Waals surface area contributed by atoms with Crippen LogP contribution in [0.3, 0.4) is 0 Å². The highest BCUT2D eigenvalue weighted by Gasteiger charge is 2.32. The van der Waals surface area contributed by atoms with Gasteiger partial charge < -0.3 is 10.2 Å². The highest BCUT2D eigenvalue weighted by molar-refractivity contribution is 5.89. The highest BCUT2D eigenvalue weighted by Crippen LogP contribution is 2.35. The molecule has 0 amide bonds. The molecular formula is C17H24O4. The molecule has 0 aromatic rings. The number of ketones is 1. The van der Waals surface area contributed by atoms with Gasteiger partial charge in [-0.15, -0.1) is 11.8 Å². The van der Waals surface area contributed by atoms with Gasteiger partial charge in [-0.25, -0.2) is 0 Å². The van der Waals surface area contributed by atoms with Crippen LogP contribution in [0.15, 0.2) is 12.2 Å². The maximum Gasteiger partial charge on any atom is 0.304 e. The van der Waals surface area contributed by atoms with Gasteiger partial charge in [-0.2, -0.15) is 0 Å². The van der Waals surface area contributed by atoms with Gasteiger partial charge in [-0.05, 0) is 31.3 Å². The van der Waals surface area contributed by atoms with E-state index in [9.17, 15) is 14.7 Å². The Kier molecular flexibility index (Phi) is 7.78. The summed E-state index contributed by atoms with van der Waals surface area (Å²) in [7, 11) is 0. The van der Waals surface area contributed by atoms with Crippen LogP contribution < -0.4 is 0 Å². The number of carbonyl (C=O) groups excluding carboxylic acids is 1. The van der Waals surface area contributed by atoms with Crippen LogP contribution in [0, 0.1) is 23.7 Å². The van der Waals surface area contributed by atoms with E-state index >= 15 is 0 Å². The van der Waals surface area contributed by atoms with Gasteiger partial charge in [0.05, 0.1) is 12.5 Å². The lowest BCUT2D eigenvalue weighted by molar-refractivity contribution is -0.136. The Morgan fingerprint density at radius 1 is 1.24 bits per heavy atom. The van der Waals surface area contributed by atoms with Crippen molar-refractivity contribution in [2.45, 2.75) is 58.0 Å².